The number of para-hydroxylation sites is 2. The molecule has 0 aliphatic rings. The normalized spacial score (nSPS) is 10.8. The lowest BCUT2D eigenvalue weighted by Gasteiger charge is -2.12. The summed E-state index contributed by atoms with van der Waals surface area (Å²) in [5.74, 6) is 1.37. The van der Waals surface area contributed by atoms with E-state index in [1.54, 1.807) is 20.1 Å². The molecule has 0 fully saturated rings. The fraction of sp³-hybridized carbons (Fsp3) is 0.0769. The number of carbonyl (C=O) groups excluding carboxylic acids is 1. The number of carbonyl (C=O) groups is 1. The SMILES string of the molecule is COc1ccc(-c2cc(C(=O)Nc3ccccc3-c3noc(C)n3)c3ccccc3n2)cc1. The number of methoxy groups -OCH3 is 1. The third-order valence-corrected chi connectivity index (χ3v) is 5.29. The Hall–Kier alpha value is -4.52. The number of nitrogens with zero attached hydrogens (tertiary/aromatic N) is 3. The third kappa shape index (κ3) is 4.04. The van der Waals surface area contributed by atoms with E-state index in [-0.39, 0.29) is 5.91 Å². The number of aromatic nitrogens is 3. The highest BCUT2D eigenvalue weighted by Crippen LogP contribution is 2.29. The van der Waals surface area contributed by atoms with E-state index in [2.05, 4.69) is 15.5 Å². The molecule has 7 nitrogen and oxygen atoms in total. The predicted octanol–water partition coefficient (Wildman–Crippen LogP) is 5.52. The van der Waals surface area contributed by atoms with Gasteiger partial charge in [-0.05, 0) is 48.5 Å². The molecule has 0 atom stereocenters. The molecule has 2 aromatic heterocycles. The summed E-state index contributed by atoms with van der Waals surface area (Å²) in [4.78, 5) is 22.5. The van der Waals surface area contributed by atoms with Gasteiger partial charge in [-0.3, -0.25) is 4.79 Å². The second-order valence-electron chi connectivity index (χ2n) is 7.44. The highest BCUT2D eigenvalue weighted by atomic mass is 16.5. The number of ether oxygens (including phenoxy) is 1. The monoisotopic (exact) mass is 436 g/mol. The van der Waals surface area contributed by atoms with E-state index in [0.717, 1.165) is 22.2 Å². The molecular weight excluding hydrogens is 416 g/mol. The van der Waals surface area contributed by atoms with Crippen LogP contribution < -0.4 is 10.1 Å². The summed E-state index contributed by atoms with van der Waals surface area (Å²) in [5, 5.41) is 7.77. The molecule has 162 valence electrons. The van der Waals surface area contributed by atoms with E-state index < -0.39 is 0 Å². The van der Waals surface area contributed by atoms with Gasteiger partial charge in [0.2, 0.25) is 11.7 Å². The molecule has 3 aromatic carbocycles. The van der Waals surface area contributed by atoms with Crippen molar-refractivity contribution < 1.29 is 14.1 Å². The van der Waals surface area contributed by atoms with Crippen LogP contribution in [0.1, 0.15) is 16.2 Å². The van der Waals surface area contributed by atoms with E-state index in [0.29, 0.717) is 34.2 Å². The molecule has 5 rings (SSSR count). The number of anilines is 1. The number of amides is 1. The van der Waals surface area contributed by atoms with Crippen LogP contribution in [0.25, 0.3) is 33.5 Å². The van der Waals surface area contributed by atoms with Crippen LogP contribution >= 0.6 is 0 Å². The lowest BCUT2D eigenvalue weighted by atomic mass is 10.0. The Kier molecular flexibility index (Phi) is 5.28. The van der Waals surface area contributed by atoms with Gasteiger partial charge in [0.15, 0.2) is 0 Å². The van der Waals surface area contributed by atoms with Crippen LogP contribution in [0.5, 0.6) is 5.75 Å². The van der Waals surface area contributed by atoms with Crippen molar-refractivity contribution in [3.05, 3.63) is 90.3 Å². The average Bonchev–Trinajstić information content (AvgIpc) is 3.29. The Bertz CT molecular complexity index is 1460. The van der Waals surface area contributed by atoms with E-state index >= 15 is 0 Å². The Balaban J connectivity index is 1.56. The first-order valence-corrected chi connectivity index (χ1v) is 10.4. The second kappa shape index (κ2) is 8.55. The number of nitrogens with one attached hydrogen (secondary N) is 1. The van der Waals surface area contributed by atoms with E-state index in [4.69, 9.17) is 14.2 Å². The first-order valence-electron chi connectivity index (χ1n) is 10.4. The number of hydrogen-bond acceptors (Lipinski definition) is 6. The smallest absolute Gasteiger partial charge is 0.256 e. The van der Waals surface area contributed by atoms with Crippen molar-refractivity contribution in [3.8, 4) is 28.4 Å². The standard InChI is InChI=1S/C26H20N4O3/c1-16-27-25(30-33-16)20-8-4-6-10-23(20)29-26(31)21-15-24(17-11-13-18(32-2)14-12-17)28-22-9-5-3-7-19(21)22/h3-15H,1-2H3,(H,29,31). The molecule has 33 heavy (non-hydrogen) atoms. The minimum atomic E-state index is -0.254. The molecule has 0 spiro atoms. The molecule has 2 heterocycles. The number of fused-ring (bicyclic) bond motifs is 1. The van der Waals surface area contributed by atoms with Crippen LogP contribution in [0.3, 0.4) is 0 Å². The highest BCUT2D eigenvalue weighted by Gasteiger charge is 2.17. The Morgan fingerprint density at radius 3 is 2.45 bits per heavy atom. The van der Waals surface area contributed by atoms with Gasteiger partial charge < -0.3 is 14.6 Å². The van der Waals surface area contributed by atoms with Gasteiger partial charge in [0.1, 0.15) is 5.75 Å². The zero-order chi connectivity index (χ0) is 22.8. The number of benzene rings is 3. The van der Waals surface area contributed by atoms with Crippen molar-refractivity contribution in [3.63, 3.8) is 0 Å². The molecule has 7 heteroatoms. The van der Waals surface area contributed by atoms with Gasteiger partial charge in [0.25, 0.3) is 5.91 Å². The van der Waals surface area contributed by atoms with Gasteiger partial charge in [-0.15, -0.1) is 0 Å². The Morgan fingerprint density at radius 2 is 1.70 bits per heavy atom. The zero-order valence-electron chi connectivity index (χ0n) is 18.1. The summed E-state index contributed by atoms with van der Waals surface area (Å²) in [6.07, 6.45) is 0. The maximum Gasteiger partial charge on any atom is 0.256 e. The lowest BCUT2D eigenvalue weighted by molar-refractivity contribution is 0.102. The molecular formula is C26H20N4O3. The Labute approximate surface area is 190 Å². The first-order chi connectivity index (χ1) is 16.1. The molecule has 0 unspecified atom stereocenters. The van der Waals surface area contributed by atoms with Gasteiger partial charge in [0.05, 0.1) is 29.6 Å². The topological polar surface area (TPSA) is 90.1 Å². The molecule has 0 saturated heterocycles. The van der Waals surface area contributed by atoms with Gasteiger partial charge in [-0.1, -0.05) is 35.5 Å². The summed E-state index contributed by atoms with van der Waals surface area (Å²) in [6.45, 7) is 1.72. The molecule has 0 radical (unpaired) electrons. The van der Waals surface area contributed by atoms with E-state index in [1.807, 2.05) is 72.8 Å². The lowest BCUT2D eigenvalue weighted by Crippen LogP contribution is -2.14. The fourth-order valence-corrected chi connectivity index (χ4v) is 3.66. The summed E-state index contributed by atoms with van der Waals surface area (Å²) >= 11 is 0. The number of rotatable bonds is 5. The average molecular weight is 436 g/mol. The van der Waals surface area contributed by atoms with Gasteiger partial charge in [-0.25, -0.2) is 4.98 Å². The number of pyridine rings is 1. The molecule has 0 aliphatic heterocycles. The van der Waals surface area contributed by atoms with Gasteiger partial charge in [-0.2, -0.15) is 4.98 Å². The summed E-state index contributed by atoms with van der Waals surface area (Å²) in [6, 6.07) is 24.3. The molecule has 1 N–H and O–H groups in total. The Morgan fingerprint density at radius 1 is 0.939 bits per heavy atom. The van der Waals surface area contributed by atoms with Crippen molar-refractivity contribution in [2.24, 2.45) is 0 Å². The van der Waals surface area contributed by atoms with E-state index in [9.17, 15) is 4.79 Å². The predicted molar refractivity (Wildman–Crippen MR) is 126 cm³/mol. The molecule has 0 aliphatic carbocycles. The summed E-state index contributed by atoms with van der Waals surface area (Å²) in [7, 11) is 1.62. The van der Waals surface area contributed by atoms with Crippen molar-refractivity contribution in [1.82, 2.24) is 15.1 Å². The zero-order valence-corrected chi connectivity index (χ0v) is 18.1. The maximum absolute atomic E-state index is 13.5. The van der Waals surface area contributed by atoms with Crippen LogP contribution in [0.15, 0.2) is 83.4 Å². The number of aryl methyl sites for hydroxylation is 1. The maximum atomic E-state index is 13.5. The fourth-order valence-electron chi connectivity index (χ4n) is 3.66. The van der Waals surface area contributed by atoms with Crippen LogP contribution in [0.4, 0.5) is 5.69 Å². The first kappa shape index (κ1) is 20.4. The minimum Gasteiger partial charge on any atom is -0.497 e. The minimum absolute atomic E-state index is 0.254. The van der Waals surface area contributed by atoms with Crippen molar-refractivity contribution in [2.45, 2.75) is 6.92 Å². The quantitative estimate of drug-likeness (QED) is 0.390. The van der Waals surface area contributed by atoms with Gasteiger partial charge >= 0.3 is 0 Å². The summed E-state index contributed by atoms with van der Waals surface area (Å²) < 4.78 is 10.4. The van der Waals surface area contributed by atoms with Crippen molar-refractivity contribution in [2.75, 3.05) is 12.4 Å². The van der Waals surface area contributed by atoms with Crippen molar-refractivity contribution in [1.29, 1.82) is 0 Å². The van der Waals surface area contributed by atoms with Crippen LogP contribution in [0.2, 0.25) is 0 Å². The van der Waals surface area contributed by atoms with Crippen LogP contribution in [0, 0.1) is 6.92 Å². The van der Waals surface area contributed by atoms with Gasteiger partial charge in [0, 0.05) is 23.4 Å². The second-order valence-corrected chi connectivity index (χ2v) is 7.44. The highest BCUT2D eigenvalue weighted by molar-refractivity contribution is 6.14. The van der Waals surface area contributed by atoms with Crippen LogP contribution in [-0.2, 0) is 0 Å². The molecule has 5 aromatic rings. The summed E-state index contributed by atoms with van der Waals surface area (Å²) in [5.41, 5.74) is 4.11. The molecule has 0 saturated carbocycles. The third-order valence-electron chi connectivity index (χ3n) is 5.29. The van der Waals surface area contributed by atoms with Crippen molar-refractivity contribution >= 4 is 22.5 Å². The molecule has 0 bridgehead atoms. The number of hydrogen-bond donors (Lipinski definition) is 1. The van der Waals surface area contributed by atoms with Crippen LogP contribution in [-0.4, -0.2) is 28.1 Å². The largest absolute Gasteiger partial charge is 0.497 e. The van der Waals surface area contributed by atoms with E-state index in [1.165, 1.54) is 0 Å². The molecule has 1 amide bonds.